The van der Waals surface area contributed by atoms with Crippen molar-refractivity contribution in [2.45, 2.75) is 12.3 Å². The molecular weight excluding hydrogens is 392 g/mol. The summed E-state index contributed by atoms with van der Waals surface area (Å²) >= 11 is 9.41. The molecule has 2 aromatic carbocycles. The summed E-state index contributed by atoms with van der Waals surface area (Å²) in [5.41, 5.74) is 7.36. The summed E-state index contributed by atoms with van der Waals surface area (Å²) in [4.78, 5) is 12.6. The van der Waals surface area contributed by atoms with E-state index in [0.717, 1.165) is 4.47 Å². The van der Waals surface area contributed by atoms with Gasteiger partial charge in [-0.2, -0.15) is 5.26 Å². The van der Waals surface area contributed by atoms with Gasteiger partial charge in [0, 0.05) is 33.0 Å². The topological polar surface area (TPSA) is 76.1 Å². The van der Waals surface area contributed by atoms with Crippen LogP contribution in [0, 0.1) is 11.3 Å². The third kappa shape index (κ3) is 3.16. The van der Waals surface area contributed by atoms with Crippen LogP contribution in [0.1, 0.15) is 28.3 Å². The number of rotatable bonds is 3. The Bertz CT molecular complexity index is 885. The minimum atomic E-state index is -0.478. The Morgan fingerprint density at radius 1 is 1.29 bits per heavy atom. The molecule has 0 unspecified atom stereocenters. The van der Waals surface area contributed by atoms with E-state index in [2.05, 4.69) is 22.0 Å². The summed E-state index contributed by atoms with van der Waals surface area (Å²) < 4.78 is 6.37. The van der Waals surface area contributed by atoms with Crippen molar-refractivity contribution in [1.29, 1.82) is 5.26 Å². The molecule has 0 saturated carbocycles. The number of nitrogens with zero attached hydrogens (tertiary/aromatic N) is 1. The predicted molar refractivity (Wildman–Crippen MR) is 94.7 cm³/mol. The highest BCUT2D eigenvalue weighted by molar-refractivity contribution is 9.10. The number of hydrogen-bond donors (Lipinski definition) is 1. The van der Waals surface area contributed by atoms with E-state index >= 15 is 0 Å². The number of benzene rings is 2. The fraction of sp³-hybridized carbons (Fsp3) is 0.111. The molecule has 0 aromatic heterocycles. The van der Waals surface area contributed by atoms with E-state index in [1.165, 1.54) is 0 Å². The summed E-state index contributed by atoms with van der Waals surface area (Å²) in [5.74, 6) is -0.0140. The first-order chi connectivity index (χ1) is 11.5. The van der Waals surface area contributed by atoms with Crippen molar-refractivity contribution in [2.24, 2.45) is 5.73 Å². The lowest BCUT2D eigenvalue weighted by Gasteiger charge is -2.25. The highest BCUT2D eigenvalue weighted by Crippen LogP contribution is 2.41. The summed E-state index contributed by atoms with van der Waals surface area (Å²) in [6, 6.07) is 14.2. The lowest BCUT2D eigenvalue weighted by molar-refractivity contribution is 0.0976. The van der Waals surface area contributed by atoms with Crippen LogP contribution >= 0.6 is 27.5 Å². The molecule has 24 heavy (non-hydrogen) atoms. The Morgan fingerprint density at radius 2 is 2.00 bits per heavy atom. The molecule has 6 heteroatoms. The molecule has 0 radical (unpaired) electrons. The predicted octanol–water partition coefficient (Wildman–Crippen LogP) is 4.55. The lowest BCUT2D eigenvalue weighted by Crippen LogP contribution is -2.22. The fourth-order valence-corrected chi connectivity index (χ4v) is 3.11. The second-order valence-electron chi connectivity index (χ2n) is 5.36. The molecule has 3 rings (SSSR count). The molecule has 0 aliphatic carbocycles. The van der Waals surface area contributed by atoms with Gasteiger partial charge in [-0.3, -0.25) is 4.79 Å². The van der Waals surface area contributed by atoms with Crippen LogP contribution in [0.3, 0.4) is 0 Å². The molecule has 1 aliphatic heterocycles. The van der Waals surface area contributed by atoms with E-state index < -0.39 is 5.92 Å². The number of carbonyl (C=O) groups excluding carboxylic acids is 1. The smallest absolute Gasteiger partial charge is 0.205 e. The van der Waals surface area contributed by atoms with E-state index in [4.69, 9.17) is 22.1 Å². The average Bonchev–Trinajstić information content (AvgIpc) is 2.56. The molecule has 1 atom stereocenters. The van der Waals surface area contributed by atoms with Crippen molar-refractivity contribution in [3.8, 4) is 11.8 Å². The quantitative estimate of drug-likeness (QED) is 0.763. The first-order valence-corrected chi connectivity index (χ1v) is 8.32. The Labute approximate surface area is 152 Å². The third-order valence-corrected chi connectivity index (χ3v) is 4.62. The first kappa shape index (κ1) is 16.6. The average molecular weight is 404 g/mol. The number of ether oxygens (including phenoxy) is 1. The van der Waals surface area contributed by atoms with Crippen molar-refractivity contribution in [3.05, 3.63) is 74.5 Å². The zero-order chi connectivity index (χ0) is 17.3. The number of fused-ring (bicyclic) bond motifs is 1. The molecule has 0 saturated heterocycles. The van der Waals surface area contributed by atoms with E-state index in [0.29, 0.717) is 21.9 Å². The molecule has 2 aromatic rings. The number of ketones is 1. The second kappa shape index (κ2) is 6.68. The van der Waals surface area contributed by atoms with Gasteiger partial charge in [-0.15, -0.1) is 0 Å². The molecule has 120 valence electrons. The SMILES string of the molecule is N#CC1=C(N)Oc2ccc(Cl)cc2[C@@H]1CC(=O)c1ccc(Br)cc1. The minimum Gasteiger partial charge on any atom is -0.440 e. The molecule has 0 amide bonds. The van der Waals surface area contributed by atoms with E-state index in [9.17, 15) is 10.1 Å². The maximum absolute atomic E-state index is 12.6. The van der Waals surface area contributed by atoms with Gasteiger partial charge in [-0.05, 0) is 30.3 Å². The van der Waals surface area contributed by atoms with Crippen molar-refractivity contribution in [1.82, 2.24) is 0 Å². The van der Waals surface area contributed by atoms with Gasteiger partial charge in [-0.25, -0.2) is 0 Å². The Morgan fingerprint density at radius 3 is 2.67 bits per heavy atom. The van der Waals surface area contributed by atoms with Gasteiger partial charge in [0.25, 0.3) is 0 Å². The summed E-state index contributed by atoms with van der Waals surface area (Å²) in [6.45, 7) is 0. The largest absolute Gasteiger partial charge is 0.440 e. The Kier molecular flexibility index (Phi) is 4.61. The third-order valence-electron chi connectivity index (χ3n) is 3.86. The standard InChI is InChI=1S/C18H12BrClN2O2/c19-11-3-1-10(2-4-11)16(23)8-13-14-7-12(20)5-6-17(14)24-18(22)15(13)9-21/h1-7,13H,8,22H2/t13-/m0/s1. The fourth-order valence-electron chi connectivity index (χ4n) is 2.67. The monoisotopic (exact) mass is 402 g/mol. The number of carbonyl (C=O) groups is 1. The highest BCUT2D eigenvalue weighted by atomic mass is 79.9. The summed E-state index contributed by atoms with van der Waals surface area (Å²) in [6.07, 6.45) is 0.113. The zero-order valence-electron chi connectivity index (χ0n) is 12.4. The molecule has 0 fully saturated rings. The minimum absolute atomic E-state index is 0.0286. The number of halogens is 2. The van der Waals surface area contributed by atoms with Gasteiger partial charge in [-0.1, -0.05) is 39.7 Å². The van der Waals surface area contributed by atoms with Crippen LogP contribution in [-0.4, -0.2) is 5.78 Å². The summed E-state index contributed by atoms with van der Waals surface area (Å²) in [7, 11) is 0. The first-order valence-electron chi connectivity index (χ1n) is 7.15. The van der Waals surface area contributed by atoms with Gasteiger partial charge in [0.05, 0.1) is 5.57 Å². The van der Waals surface area contributed by atoms with Gasteiger partial charge in [0.1, 0.15) is 11.8 Å². The van der Waals surface area contributed by atoms with Crippen molar-refractivity contribution >= 4 is 33.3 Å². The molecule has 4 nitrogen and oxygen atoms in total. The van der Waals surface area contributed by atoms with E-state index in [1.807, 2.05) is 0 Å². The van der Waals surface area contributed by atoms with E-state index in [-0.39, 0.29) is 23.7 Å². The van der Waals surface area contributed by atoms with Crippen molar-refractivity contribution in [2.75, 3.05) is 0 Å². The van der Waals surface area contributed by atoms with Gasteiger partial charge >= 0.3 is 0 Å². The normalized spacial score (nSPS) is 16.1. The highest BCUT2D eigenvalue weighted by Gasteiger charge is 2.31. The number of nitriles is 1. The van der Waals surface area contributed by atoms with Crippen LogP contribution in [0.15, 0.2) is 58.4 Å². The van der Waals surface area contributed by atoms with Crippen LogP contribution in [0.25, 0.3) is 0 Å². The molecule has 1 aliphatic rings. The lowest BCUT2D eigenvalue weighted by atomic mass is 9.84. The van der Waals surface area contributed by atoms with Gasteiger partial charge in [0.15, 0.2) is 5.78 Å². The Balaban J connectivity index is 1.99. The summed E-state index contributed by atoms with van der Waals surface area (Å²) in [5, 5.41) is 9.94. The second-order valence-corrected chi connectivity index (χ2v) is 6.71. The number of hydrogen-bond acceptors (Lipinski definition) is 4. The zero-order valence-corrected chi connectivity index (χ0v) is 14.8. The number of allylic oxidation sites excluding steroid dienone is 1. The van der Waals surface area contributed by atoms with Crippen LogP contribution in [0.5, 0.6) is 5.75 Å². The van der Waals surface area contributed by atoms with Crippen LogP contribution in [-0.2, 0) is 0 Å². The Hall–Kier alpha value is -2.29. The van der Waals surface area contributed by atoms with Gasteiger partial charge in [0.2, 0.25) is 5.88 Å². The molecule has 0 bridgehead atoms. The number of Topliss-reactive ketones (excluding diaryl/α,β-unsaturated/α-hetero) is 1. The van der Waals surface area contributed by atoms with Crippen LogP contribution < -0.4 is 10.5 Å². The van der Waals surface area contributed by atoms with Crippen molar-refractivity contribution in [3.63, 3.8) is 0 Å². The van der Waals surface area contributed by atoms with Crippen LogP contribution in [0.2, 0.25) is 5.02 Å². The van der Waals surface area contributed by atoms with Crippen molar-refractivity contribution < 1.29 is 9.53 Å². The van der Waals surface area contributed by atoms with Crippen LogP contribution in [0.4, 0.5) is 0 Å². The number of nitrogens with two attached hydrogens (primary N) is 1. The van der Waals surface area contributed by atoms with Gasteiger partial charge < -0.3 is 10.5 Å². The molecular formula is C18H12BrClN2O2. The molecule has 0 spiro atoms. The maximum Gasteiger partial charge on any atom is 0.205 e. The molecule has 1 heterocycles. The maximum atomic E-state index is 12.6. The van der Waals surface area contributed by atoms with E-state index in [1.54, 1.807) is 42.5 Å². The molecule has 2 N–H and O–H groups in total.